The minimum absolute atomic E-state index is 0.270. The lowest BCUT2D eigenvalue weighted by atomic mass is 10.1. The van der Waals surface area contributed by atoms with Crippen molar-refractivity contribution in [2.75, 3.05) is 21.3 Å². The Morgan fingerprint density at radius 1 is 1.03 bits per heavy atom. The largest absolute Gasteiger partial charge is 0.493 e. The van der Waals surface area contributed by atoms with Crippen molar-refractivity contribution in [3.63, 3.8) is 0 Å². The van der Waals surface area contributed by atoms with Crippen molar-refractivity contribution in [3.8, 4) is 17.2 Å². The Morgan fingerprint density at radius 3 is 2.41 bits per heavy atom. The fourth-order valence-corrected chi connectivity index (χ4v) is 3.94. The van der Waals surface area contributed by atoms with Crippen LogP contribution in [-0.4, -0.2) is 52.0 Å². The molecular formula is C21H19F3N6O3S. The average Bonchev–Trinajstić information content (AvgIpc) is 3.42. The maximum absolute atomic E-state index is 12.9. The third-order valence-electron chi connectivity index (χ3n) is 4.72. The summed E-state index contributed by atoms with van der Waals surface area (Å²) < 4.78 is 57.7. The van der Waals surface area contributed by atoms with Crippen LogP contribution in [-0.2, 0) is 11.9 Å². The number of fused-ring (bicyclic) bond motifs is 1. The van der Waals surface area contributed by atoms with Gasteiger partial charge in [-0.1, -0.05) is 30.0 Å². The Hall–Kier alpha value is -3.74. The van der Waals surface area contributed by atoms with Gasteiger partial charge < -0.3 is 14.2 Å². The quantitative estimate of drug-likeness (QED) is 0.270. The number of thioether (sulfide) groups is 1. The molecule has 4 rings (SSSR count). The lowest BCUT2D eigenvalue weighted by Crippen LogP contribution is -2.04. The number of nitrogens with zero attached hydrogens (tertiary/aromatic N) is 6. The Morgan fingerprint density at radius 2 is 1.76 bits per heavy atom. The molecular weight excluding hydrogens is 473 g/mol. The SMILES string of the molecule is COc1cc(/C=N\n2cnn3c(SCc4cccc(C(F)(F)F)c4)nnc23)cc(OC)c1OC. The van der Waals surface area contributed by atoms with E-state index >= 15 is 0 Å². The van der Waals surface area contributed by atoms with Gasteiger partial charge in [0.2, 0.25) is 10.9 Å². The van der Waals surface area contributed by atoms with Gasteiger partial charge in [-0.05, 0) is 23.8 Å². The zero-order valence-corrected chi connectivity index (χ0v) is 19.1. The second-order valence-electron chi connectivity index (χ2n) is 6.86. The number of benzene rings is 2. The minimum atomic E-state index is -4.39. The lowest BCUT2D eigenvalue weighted by Gasteiger charge is -2.12. The molecule has 34 heavy (non-hydrogen) atoms. The summed E-state index contributed by atoms with van der Waals surface area (Å²) >= 11 is 1.22. The zero-order chi connectivity index (χ0) is 24.3. The molecule has 0 radical (unpaired) electrons. The molecule has 0 bridgehead atoms. The highest BCUT2D eigenvalue weighted by Gasteiger charge is 2.30. The highest BCUT2D eigenvalue weighted by Crippen LogP contribution is 2.37. The van der Waals surface area contributed by atoms with Crippen LogP contribution in [0, 0.1) is 0 Å². The number of aromatic nitrogens is 5. The van der Waals surface area contributed by atoms with Crippen LogP contribution in [0.1, 0.15) is 16.7 Å². The van der Waals surface area contributed by atoms with Gasteiger partial charge in [-0.25, -0.2) is 0 Å². The van der Waals surface area contributed by atoms with Gasteiger partial charge in [-0.3, -0.25) is 0 Å². The number of rotatable bonds is 8. The van der Waals surface area contributed by atoms with E-state index in [0.29, 0.717) is 39.3 Å². The van der Waals surface area contributed by atoms with Crippen molar-refractivity contribution in [1.29, 1.82) is 0 Å². The molecule has 0 atom stereocenters. The summed E-state index contributed by atoms with van der Waals surface area (Å²) in [6.45, 7) is 0. The van der Waals surface area contributed by atoms with Crippen LogP contribution in [0.15, 0.2) is 53.0 Å². The predicted octanol–water partition coefficient (Wildman–Crippen LogP) is 4.14. The van der Waals surface area contributed by atoms with Crippen molar-refractivity contribution in [3.05, 3.63) is 59.4 Å². The second-order valence-corrected chi connectivity index (χ2v) is 7.80. The van der Waals surface area contributed by atoms with Gasteiger partial charge in [0.05, 0.1) is 33.1 Å². The smallest absolute Gasteiger partial charge is 0.416 e. The molecule has 9 nitrogen and oxygen atoms in total. The highest BCUT2D eigenvalue weighted by molar-refractivity contribution is 7.98. The molecule has 0 unspecified atom stereocenters. The first-order valence-corrected chi connectivity index (χ1v) is 10.7. The van der Waals surface area contributed by atoms with Crippen molar-refractivity contribution in [2.24, 2.45) is 5.10 Å². The van der Waals surface area contributed by atoms with E-state index in [9.17, 15) is 13.2 Å². The van der Waals surface area contributed by atoms with Crippen molar-refractivity contribution >= 4 is 23.8 Å². The number of alkyl halides is 3. The number of methoxy groups -OCH3 is 3. The molecule has 2 heterocycles. The first-order chi connectivity index (χ1) is 16.3. The van der Waals surface area contributed by atoms with Gasteiger partial charge in [0, 0.05) is 11.3 Å². The molecule has 13 heteroatoms. The molecule has 178 valence electrons. The van der Waals surface area contributed by atoms with E-state index in [0.717, 1.165) is 12.1 Å². The van der Waals surface area contributed by atoms with E-state index in [-0.39, 0.29) is 5.75 Å². The monoisotopic (exact) mass is 492 g/mol. The van der Waals surface area contributed by atoms with E-state index in [1.165, 1.54) is 54.7 Å². The summed E-state index contributed by atoms with van der Waals surface area (Å²) in [6.07, 6.45) is -1.37. The summed E-state index contributed by atoms with van der Waals surface area (Å²) in [5.74, 6) is 2.04. The Kier molecular flexibility index (Phi) is 6.63. The van der Waals surface area contributed by atoms with Crippen molar-refractivity contribution in [2.45, 2.75) is 17.1 Å². The molecule has 0 saturated carbocycles. The number of hydrogen-bond acceptors (Lipinski definition) is 8. The van der Waals surface area contributed by atoms with E-state index in [2.05, 4.69) is 20.4 Å². The van der Waals surface area contributed by atoms with Gasteiger partial charge in [0.1, 0.15) is 6.33 Å². The maximum atomic E-state index is 12.9. The Balaban J connectivity index is 1.53. The van der Waals surface area contributed by atoms with Crippen LogP contribution < -0.4 is 14.2 Å². The molecule has 0 amide bonds. The second kappa shape index (κ2) is 9.63. The van der Waals surface area contributed by atoms with E-state index in [4.69, 9.17) is 14.2 Å². The van der Waals surface area contributed by atoms with Gasteiger partial charge in [-0.2, -0.15) is 32.6 Å². The summed E-state index contributed by atoms with van der Waals surface area (Å²) in [6, 6.07) is 8.63. The van der Waals surface area contributed by atoms with Crippen molar-refractivity contribution < 1.29 is 27.4 Å². The topological polar surface area (TPSA) is 88.1 Å². The third kappa shape index (κ3) is 4.78. The van der Waals surface area contributed by atoms with Crippen molar-refractivity contribution in [1.82, 2.24) is 24.5 Å². The Bertz CT molecular complexity index is 1310. The molecule has 0 aliphatic heterocycles. The fourth-order valence-electron chi connectivity index (χ4n) is 3.12. The number of halogens is 3. The van der Waals surface area contributed by atoms with Crippen LogP contribution >= 0.6 is 11.8 Å². The van der Waals surface area contributed by atoms with Gasteiger partial charge >= 0.3 is 6.18 Å². The summed E-state index contributed by atoms with van der Waals surface area (Å²) in [5, 5.41) is 17.2. The fraction of sp³-hybridized carbons (Fsp3) is 0.238. The van der Waals surface area contributed by atoms with E-state index in [1.807, 2.05) is 0 Å². The van der Waals surface area contributed by atoms with Crippen LogP contribution in [0.5, 0.6) is 17.2 Å². The van der Waals surface area contributed by atoms with Crippen LogP contribution in [0.25, 0.3) is 5.78 Å². The zero-order valence-electron chi connectivity index (χ0n) is 18.3. The molecule has 0 spiro atoms. The Labute approximate surface area is 196 Å². The third-order valence-corrected chi connectivity index (χ3v) is 5.71. The van der Waals surface area contributed by atoms with Gasteiger partial charge in [0.25, 0.3) is 5.78 Å². The standard InChI is InChI=1S/C21H19F3N6O3S/c1-31-16-8-14(9-17(32-2)18(16)33-3)10-25-29-12-26-30-19(29)27-28-20(30)34-11-13-5-4-6-15(7-13)21(22,23)24/h4-10,12H,11H2,1-3H3/b25-10-. The normalized spacial score (nSPS) is 11.9. The molecule has 0 fully saturated rings. The molecule has 0 saturated heterocycles. The number of hydrogen-bond donors (Lipinski definition) is 0. The summed E-state index contributed by atoms with van der Waals surface area (Å²) in [5.41, 5.74) is 0.499. The minimum Gasteiger partial charge on any atom is -0.493 e. The molecule has 4 aromatic rings. The first-order valence-electron chi connectivity index (χ1n) is 9.76. The van der Waals surface area contributed by atoms with Crippen LogP contribution in [0.3, 0.4) is 0 Å². The summed E-state index contributed by atoms with van der Waals surface area (Å²) in [4.78, 5) is 0. The van der Waals surface area contributed by atoms with Gasteiger partial charge in [0.15, 0.2) is 11.5 Å². The van der Waals surface area contributed by atoms with Crippen LogP contribution in [0.4, 0.5) is 13.2 Å². The van der Waals surface area contributed by atoms with Gasteiger partial charge in [-0.15, -0.1) is 10.2 Å². The highest BCUT2D eigenvalue weighted by atomic mass is 32.2. The molecule has 0 aliphatic rings. The van der Waals surface area contributed by atoms with E-state index < -0.39 is 11.7 Å². The molecule has 2 aromatic carbocycles. The molecule has 2 aromatic heterocycles. The first kappa shape index (κ1) is 23.4. The lowest BCUT2D eigenvalue weighted by molar-refractivity contribution is -0.137. The number of ether oxygens (including phenoxy) is 3. The van der Waals surface area contributed by atoms with E-state index in [1.54, 1.807) is 24.4 Å². The summed E-state index contributed by atoms with van der Waals surface area (Å²) in [7, 11) is 4.56. The average molecular weight is 492 g/mol. The predicted molar refractivity (Wildman–Crippen MR) is 119 cm³/mol. The molecule has 0 aliphatic carbocycles. The van der Waals surface area contributed by atoms with Crippen LogP contribution in [0.2, 0.25) is 0 Å². The maximum Gasteiger partial charge on any atom is 0.416 e. The molecule has 0 N–H and O–H groups in total.